The summed E-state index contributed by atoms with van der Waals surface area (Å²) in [6, 6.07) is 0. The van der Waals surface area contributed by atoms with Gasteiger partial charge in [0.2, 0.25) is 0 Å². The monoisotopic (exact) mass is 177 g/mol. The summed E-state index contributed by atoms with van der Waals surface area (Å²) in [6.45, 7) is 4.89. The molecule has 3 nitrogen and oxygen atoms in total. The Bertz CT molecular complexity index is 196. The molecule has 4 heteroatoms. The highest BCUT2D eigenvalue weighted by atomic mass is 32.2. The van der Waals surface area contributed by atoms with Crippen molar-refractivity contribution in [3.05, 3.63) is 12.7 Å². The molecule has 0 atom stereocenters. The number of nitrogens with one attached hydrogen (secondary N) is 1. The Balaban J connectivity index is 3.22. The Morgan fingerprint density at radius 2 is 2.09 bits per heavy atom. The van der Waals surface area contributed by atoms with Crippen LogP contribution in [0.1, 0.15) is 6.42 Å². The van der Waals surface area contributed by atoms with E-state index in [1.54, 1.807) is 6.08 Å². The zero-order valence-electron chi connectivity index (χ0n) is 6.84. The van der Waals surface area contributed by atoms with Crippen molar-refractivity contribution in [2.75, 3.05) is 25.1 Å². The van der Waals surface area contributed by atoms with Gasteiger partial charge in [0.1, 0.15) is 9.84 Å². The van der Waals surface area contributed by atoms with Crippen LogP contribution in [0.4, 0.5) is 0 Å². The van der Waals surface area contributed by atoms with Crippen molar-refractivity contribution in [3.8, 4) is 0 Å². The molecular formula is C7H15NO2S. The van der Waals surface area contributed by atoms with Crippen LogP contribution < -0.4 is 5.32 Å². The van der Waals surface area contributed by atoms with Gasteiger partial charge in [0.15, 0.2) is 0 Å². The normalized spacial score (nSPS) is 11.4. The summed E-state index contributed by atoms with van der Waals surface area (Å²) in [5, 5.41) is 2.99. The zero-order valence-corrected chi connectivity index (χ0v) is 7.65. The highest BCUT2D eigenvalue weighted by Gasteiger charge is 1.98. The Kier molecular flexibility index (Phi) is 5.15. The first-order valence-electron chi connectivity index (χ1n) is 3.55. The minimum absolute atomic E-state index is 0.212. The standard InChI is InChI=1S/C7H15NO2S/c1-3-4-5-8-6-7-11(2,9)10/h3,8H,1,4-7H2,2H3. The first kappa shape index (κ1) is 10.7. The topological polar surface area (TPSA) is 46.2 Å². The molecule has 0 spiro atoms. The highest BCUT2D eigenvalue weighted by Crippen LogP contribution is 1.80. The predicted molar refractivity (Wildman–Crippen MR) is 47.4 cm³/mol. The molecule has 0 saturated heterocycles. The lowest BCUT2D eigenvalue weighted by molar-refractivity contribution is 0.597. The van der Waals surface area contributed by atoms with E-state index in [9.17, 15) is 8.42 Å². The van der Waals surface area contributed by atoms with Crippen molar-refractivity contribution in [2.24, 2.45) is 0 Å². The van der Waals surface area contributed by atoms with Crippen molar-refractivity contribution in [3.63, 3.8) is 0 Å². The quantitative estimate of drug-likeness (QED) is 0.465. The first-order valence-corrected chi connectivity index (χ1v) is 5.61. The van der Waals surface area contributed by atoms with E-state index in [0.717, 1.165) is 13.0 Å². The van der Waals surface area contributed by atoms with Gasteiger partial charge in [-0.1, -0.05) is 6.08 Å². The largest absolute Gasteiger partial charge is 0.315 e. The molecule has 0 rings (SSSR count). The summed E-state index contributed by atoms with van der Waals surface area (Å²) < 4.78 is 21.2. The van der Waals surface area contributed by atoms with E-state index >= 15 is 0 Å². The Hall–Kier alpha value is -0.350. The maximum Gasteiger partial charge on any atom is 0.148 e. The molecule has 0 fully saturated rings. The van der Waals surface area contributed by atoms with Crippen LogP contribution in [0.2, 0.25) is 0 Å². The molecule has 0 amide bonds. The van der Waals surface area contributed by atoms with E-state index in [2.05, 4.69) is 11.9 Å². The second-order valence-corrected chi connectivity index (χ2v) is 4.72. The van der Waals surface area contributed by atoms with Crippen LogP contribution in [0.3, 0.4) is 0 Å². The van der Waals surface area contributed by atoms with Gasteiger partial charge in [-0.3, -0.25) is 0 Å². The fraction of sp³-hybridized carbons (Fsp3) is 0.714. The lowest BCUT2D eigenvalue weighted by Crippen LogP contribution is -2.22. The minimum atomic E-state index is -2.80. The van der Waals surface area contributed by atoms with Gasteiger partial charge < -0.3 is 5.32 Å². The SMILES string of the molecule is C=CCCNCCS(C)(=O)=O. The van der Waals surface area contributed by atoms with Gasteiger partial charge in [0.05, 0.1) is 5.75 Å². The van der Waals surface area contributed by atoms with Crippen LogP contribution in [0, 0.1) is 0 Å². The second-order valence-electron chi connectivity index (χ2n) is 2.46. The summed E-state index contributed by atoms with van der Waals surface area (Å²) in [5.41, 5.74) is 0. The Labute approximate surface area is 68.4 Å². The van der Waals surface area contributed by atoms with Crippen molar-refractivity contribution in [1.82, 2.24) is 5.32 Å². The van der Waals surface area contributed by atoms with Crippen molar-refractivity contribution < 1.29 is 8.42 Å². The fourth-order valence-corrected chi connectivity index (χ4v) is 1.10. The molecule has 0 radical (unpaired) electrons. The summed E-state index contributed by atoms with van der Waals surface area (Å²) in [6.07, 6.45) is 3.92. The maximum absolute atomic E-state index is 10.6. The first-order chi connectivity index (χ1) is 5.06. The molecule has 0 aromatic heterocycles. The highest BCUT2D eigenvalue weighted by molar-refractivity contribution is 7.90. The predicted octanol–water partition coefficient (Wildman–Crippen LogP) is 0.197. The average Bonchev–Trinajstić information content (AvgIpc) is 1.85. The number of rotatable bonds is 6. The van der Waals surface area contributed by atoms with E-state index in [-0.39, 0.29) is 5.75 Å². The molecule has 0 saturated carbocycles. The summed E-state index contributed by atoms with van der Waals surface area (Å²) in [4.78, 5) is 0. The fourth-order valence-electron chi connectivity index (χ4n) is 0.587. The molecule has 0 aliphatic heterocycles. The Morgan fingerprint density at radius 1 is 1.45 bits per heavy atom. The molecule has 0 bridgehead atoms. The zero-order chi connectivity index (χ0) is 8.74. The van der Waals surface area contributed by atoms with Crippen LogP contribution >= 0.6 is 0 Å². The van der Waals surface area contributed by atoms with Gasteiger partial charge in [-0.25, -0.2) is 8.42 Å². The van der Waals surface area contributed by atoms with Crippen LogP contribution in [0.25, 0.3) is 0 Å². The summed E-state index contributed by atoms with van der Waals surface area (Å²) in [7, 11) is -2.80. The van der Waals surface area contributed by atoms with Gasteiger partial charge in [0.25, 0.3) is 0 Å². The van der Waals surface area contributed by atoms with Crippen LogP contribution in [-0.4, -0.2) is 33.5 Å². The third kappa shape index (κ3) is 9.65. The van der Waals surface area contributed by atoms with E-state index in [4.69, 9.17) is 0 Å². The lowest BCUT2D eigenvalue weighted by Gasteiger charge is -1.99. The van der Waals surface area contributed by atoms with Crippen molar-refractivity contribution in [2.45, 2.75) is 6.42 Å². The van der Waals surface area contributed by atoms with E-state index in [1.165, 1.54) is 6.26 Å². The van der Waals surface area contributed by atoms with Crippen LogP contribution in [0.5, 0.6) is 0 Å². The van der Waals surface area contributed by atoms with Gasteiger partial charge in [0, 0.05) is 12.8 Å². The third-order valence-corrected chi connectivity index (χ3v) is 2.12. The molecule has 0 aliphatic rings. The summed E-state index contributed by atoms with van der Waals surface area (Å²) >= 11 is 0. The molecule has 0 aliphatic carbocycles. The van der Waals surface area contributed by atoms with Gasteiger partial charge in [-0.2, -0.15) is 0 Å². The average molecular weight is 177 g/mol. The van der Waals surface area contributed by atoms with E-state index in [1.807, 2.05) is 0 Å². The maximum atomic E-state index is 10.6. The smallest absolute Gasteiger partial charge is 0.148 e. The third-order valence-electron chi connectivity index (χ3n) is 1.17. The number of hydrogen-bond donors (Lipinski definition) is 1. The molecule has 11 heavy (non-hydrogen) atoms. The van der Waals surface area contributed by atoms with Crippen molar-refractivity contribution in [1.29, 1.82) is 0 Å². The van der Waals surface area contributed by atoms with Gasteiger partial charge in [-0.05, 0) is 13.0 Å². The number of sulfone groups is 1. The molecule has 0 unspecified atom stereocenters. The van der Waals surface area contributed by atoms with Gasteiger partial charge >= 0.3 is 0 Å². The second kappa shape index (κ2) is 5.32. The van der Waals surface area contributed by atoms with Crippen molar-refractivity contribution >= 4 is 9.84 Å². The molecule has 0 aromatic carbocycles. The summed E-state index contributed by atoms with van der Waals surface area (Å²) in [5.74, 6) is 0.212. The van der Waals surface area contributed by atoms with E-state index < -0.39 is 9.84 Å². The Morgan fingerprint density at radius 3 is 2.55 bits per heavy atom. The van der Waals surface area contributed by atoms with Crippen LogP contribution in [0.15, 0.2) is 12.7 Å². The minimum Gasteiger partial charge on any atom is -0.315 e. The molecular weight excluding hydrogens is 162 g/mol. The lowest BCUT2D eigenvalue weighted by atomic mass is 10.4. The molecule has 0 heterocycles. The molecule has 0 aromatic rings. The number of hydrogen-bond acceptors (Lipinski definition) is 3. The van der Waals surface area contributed by atoms with Crippen LogP contribution in [-0.2, 0) is 9.84 Å². The molecule has 66 valence electrons. The molecule has 1 N–H and O–H groups in total. The van der Waals surface area contributed by atoms with E-state index in [0.29, 0.717) is 6.54 Å². The van der Waals surface area contributed by atoms with Gasteiger partial charge in [-0.15, -0.1) is 6.58 Å².